The van der Waals surface area contributed by atoms with Crippen molar-refractivity contribution in [1.82, 2.24) is 19.4 Å². The van der Waals surface area contributed by atoms with E-state index >= 15 is 0 Å². The average molecular weight is 368 g/mol. The number of pyridine rings is 1. The topological polar surface area (TPSA) is 53.9 Å². The summed E-state index contributed by atoms with van der Waals surface area (Å²) >= 11 is 0. The summed E-state index contributed by atoms with van der Waals surface area (Å²) in [4.78, 5) is 21.1. The van der Waals surface area contributed by atoms with Crippen LogP contribution in [0.25, 0.3) is 21.9 Å². The molecule has 0 saturated carbocycles. The Balaban J connectivity index is 1.92. The molecule has 2 aromatic heterocycles. The van der Waals surface area contributed by atoms with Crippen molar-refractivity contribution in [2.75, 3.05) is 14.1 Å². The highest BCUT2D eigenvalue weighted by Crippen LogP contribution is 2.24. The molecule has 0 fully saturated rings. The van der Waals surface area contributed by atoms with Gasteiger partial charge in [-0.1, -0.05) is 12.1 Å². The molecule has 138 valence electrons. The number of aromatic nitrogens is 3. The van der Waals surface area contributed by atoms with Crippen LogP contribution in [0.1, 0.15) is 11.4 Å². The van der Waals surface area contributed by atoms with Crippen LogP contribution in [0.2, 0.25) is 0 Å². The summed E-state index contributed by atoms with van der Waals surface area (Å²) in [5, 5.41) is 0.474. The quantitative estimate of drug-likeness (QED) is 0.602. The molecular weight excluding hydrogens is 350 g/mol. The van der Waals surface area contributed by atoms with Crippen LogP contribution >= 0.6 is 0 Å². The van der Waals surface area contributed by atoms with Crippen molar-refractivity contribution in [2.45, 2.75) is 13.1 Å². The number of nitrogens with one attached hydrogen (secondary N) is 1. The van der Waals surface area contributed by atoms with Gasteiger partial charge < -0.3 is 14.5 Å². The van der Waals surface area contributed by atoms with Gasteiger partial charge in [0.2, 0.25) is 5.56 Å². The van der Waals surface area contributed by atoms with Crippen LogP contribution in [0, 0.1) is 11.6 Å². The van der Waals surface area contributed by atoms with Crippen molar-refractivity contribution in [3.05, 3.63) is 75.8 Å². The minimum Gasteiger partial charge on any atom is -0.322 e. The van der Waals surface area contributed by atoms with Gasteiger partial charge in [-0.15, -0.1) is 0 Å². The predicted molar refractivity (Wildman–Crippen MR) is 101 cm³/mol. The number of para-hydroxylation sites is 2. The molecule has 0 aliphatic carbocycles. The molecule has 4 aromatic rings. The van der Waals surface area contributed by atoms with E-state index in [0.29, 0.717) is 24.0 Å². The Morgan fingerprint density at radius 2 is 1.93 bits per heavy atom. The Hall–Kier alpha value is -3.06. The fourth-order valence-electron chi connectivity index (χ4n) is 3.34. The van der Waals surface area contributed by atoms with Gasteiger partial charge in [-0.3, -0.25) is 4.79 Å². The van der Waals surface area contributed by atoms with Crippen molar-refractivity contribution in [3.8, 4) is 0 Å². The normalized spacial score (nSPS) is 11.7. The first-order valence-corrected chi connectivity index (χ1v) is 8.53. The Kier molecular flexibility index (Phi) is 4.24. The first-order chi connectivity index (χ1) is 12.9. The van der Waals surface area contributed by atoms with Gasteiger partial charge in [-0.05, 0) is 43.9 Å². The zero-order valence-corrected chi connectivity index (χ0v) is 15.0. The zero-order valence-electron chi connectivity index (χ0n) is 15.0. The molecule has 0 saturated heterocycles. The Morgan fingerprint density at radius 3 is 2.70 bits per heavy atom. The molecule has 7 heteroatoms. The SMILES string of the molecule is CN(C)Cc1nc2ccccc2n1Cc1cc(=O)[nH]c2c(F)c(F)ccc12. The highest BCUT2D eigenvalue weighted by Gasteiger charge is 2.16. The highest BCUT2D eigenvalue weighted by atomic mass is 19.2. The first kappa shape index (κ1) is 17.4. The summed E-state index contributed by atoms with van der Waals surface area (Å²) in [6.45, 7) is 0.938. The first-order valence-electron chi connectivity index (χ1n) is 8.53. The molecule has 0 spiro atoms. The van der Waals surface area contributed by atoms with Crippen LogP contribution in [-0.2, 0) is 13.1 Å². The van der Waals surface area contributed by atoms with Crippen molar-refractivity contribution in [1.29, 1.82) is 0 Å². The molecule has 0 radical (unpaired) electrons. The van der Waals surface area contributed by atoms with Crippen LogP contribution in [0.3, 0.4) is 0 Å². The average Bonchev–Trinajstić information content (AvgIpc) is 2.95. The molecule has 0 unspecified atom stereocenters. The lowest BCUT2D eigenvalue weighted by Crippen LogP contribution is -2.17. The largest absolute Gasteiger partial charge is 0.322 e. The van der Waals surface area contributed by atoms with Gasteiger partial charge in [-0.2, -0.15) is 0 Å². The van der Waals surface area contributed by atoms with Gasteiger partial charge in [0.1, 0.15) is 5.82 Å². The lowest BCUT2D eigenvalue weighted by atomic mass is 10.1. The molecule has 0 bridgehead atoms. The smallest absolute Gasteiger partial charge is 0.248 e. The maximum Gasteiger partial charge on any atom is 0.248 e. The number of hydrogen-bond acceptors (Lipinski definition) is 3. The van der Waals surface area contributed by atoms with E-state index in [1.54, 1.807) is 0 Å². The van der Waals surface area contributed by atoms with E-state index in [1.165, 1.54) is 12.1 Å². The fraction of sp³-hybridized carbons (Fsp3) is 0.200. The number of hydrogen-bond donors (Lipinski definition) is 1. The molecule has 1 N–H and O–H groups in total. The van der Waals surface area contributed by atoms with Crippen LogP contribution in [0.15, 0.2) is 47.3 Å². The maximum atomic E-state index is 14.2. The summed E-state index contributed by atoms with van der Waals surface area (Å²) in [6, 6.07) is 11.7. The Morgan fingerprint density at radius 1 is 1.15 bits per heavy atom. The van der Waals surface area contributed by atoms with E-state index < -0.39 is 17.2 Å². The van der Waals surface area contributed by atoms with Gasteiger partial charge in [-0.25, -0.2) is 13.8 Å². The molecule has 0 atom stereocenters. The number of aromatic amines is 1. The molecule has 2 heterocycles. The Labute approximate surface area is 153 Å². The second kappa shape index (κ2) is 6.59. The second-order valence-electron chi connectivity index (χ2n) is 6.78. The lowest BCUT2D eigenvalue weighted by molar-refractivity contribution is 0.384. The van der Waals surface area contributed by atoms with Crippen LogP contribution in [0.5, 0.6) is 0 Å². The van der Waals surface area contributed by atoms with Crippen LogP contribution in [0.4, 0.5) is 8.78 Å². The van der Waals surface area contributed by atoms with Crippen LogP contribution in [-0.4, -0.2) is 33.5 Å². The van der Waals surface area contributed by atoms with E-state index in [9.17, 15) is 13.6 Å². The number of rotatable bonds is 4. The summed E-state index contributed by atoms with van der Waals surface area (Å²) in [7, 11) is 3.90. The number of fused-ring (bicyclic) bond motifs is 2. The van der Waals surface area contributed by atoms with Crippen molar-refractivity contribution < 1.29 is 8.78 Å². The van der Waals surface area contributed by atoms with E-state index in [1.807, 2.05) is 47.8 Å². The summed E-state index contributed by atoms with van der Waals surface area (Å²) in [5.74, 6) is -1.20. The van der Waals surface area contributed by atoms with Crippen LogP contribution < -0.4 is 5.56 Å². The third-order valence-electron chi connectivity index (χ3n) is 4.51. The molecule has 0 amide bonds. The molecule has 2 aromatic carbocycles. The molecule has 27 heavy (non-hydrogen) atoms. The molecule has 4 rings (SSSR count). The number of imidazole rings is 1. The summed E-state index contributed by atoms with van der Waals surface area (Å²) < 4.78 is 29.8. The molecule has 0 aliphatic heterocycles. The third-order valence-corrected chi connectivity index (χ3v) is 4.51. The fourth-order valence-corrected chi connectivity index (χ4v) is 3.34. The minimum atomic E-state index is -1.05. The molecule has 5 nitrogen and oxygen atoms in total. The minimum absolute atomic E-state index is 0.115. The summed E-state index contributed by atoms with van der Waals surface area (Å²) in [5.41, 5.74) is 1.79. The Bertz CT molecular complexity index is 1210. The molecular formula is C20H18F2N4O. The van der Waals surface area contributed by atoms with Gasteiger partial charge in [0.25, 0.3) is 0 Å². The number of nitrogens with zero attached hydrogens (tertiary/aromatic N) is 3. The lowest BCUT2D eigenvalue weighted by Gasteiger charge is -2.14. The standard InChI is InChI=1S/C20H18F2N4O/c1-25(2)11-17-23-15-5-3-4-6-16(15)26(17)10-12-9-18(27)24-20-13(12)7-8-14(21)19(20)22/h3-9H,10-11H2,1-2H3,(H,24,27). The highest BCUT2D eigenvalue weighted by molar-refractivity contribution is 5.83. The number of benzene rings is 2. The van der Waals surface area contributed by atoms with Crippen molar-refractivity contribution in [2.24, 2.45) is 0 Å². The second-order valence-corrected chi connectivity index (χ2v) is 6.78. The van der Waals surface area contributed by atoms with E-state index in [-0.39, 0.29) is 5.52 Å². The van der Waals surface area contributed by atoms with Gasteiger partial charge in [0.15, 0.2) is 11.6 Å². The van der Waals surface area contributed by atoms with E-state index in [4.69, 9.17) is 0 Å². The van der Waals surface area contributed by atoms with Crippen molar-refractivity contribution >= 4 is 21.9 Å². The van der Waals surface area contributed by atoms with Gasteiger partial charge >= 0.3 is 0 Å². The number of H-pyrrole nitrogens is 1. The number of halogens is 2. The maximum absolute atomic E-state index is 14.2. The van der Waals surface area contributed by atoms with Gasteiger partial charge in [0.05, 0.1) is 29.6 Å². The van der Waals surface area contributed by atoms with Gasteiger partial charge in [0, 0.05) is 11.5 Å². The third kappa shape index (κ3) is 3.10. The predicted octanol–water partition coefficient (Wildman–Crippen LogP) is 3.27. The summed E-state index contributed by atoms with van der Waals surface area (Å²) in [6.07, 6.45) is 0. The monoisotopic (exact) mass is 368 g/mol. The molecule has 0 aliphatic rings. The zero-order chi connectivity index (χ0) is 19.1. The van der Waals surface area contributed by atoms with Crippen molar-refractivity contribution in [3.63, 3.8) is 0 Å². The van der Waals surface area contributed by atoms with E-state index in [2.05, 4.69) is 9.97 Å². The van der Waals surface area contributed by atoms with E-state index in [0.717, 1.165) is 22.9 Å².